The summed E-state index contributed by atoms with van der Waals surface area (Å²) in [5.74, 6) is -0.670. The minimum absolute atomic E-state index is 0.211. The van der Waals surface area contributed by atoms with Gasteiger partial charge in [0.05, 0.1) is 5.52 Å². The Morgan fingerprint density at radius 2 is 1.84 bits per heavy atom. The van der Waals surface area contributed by atoms with Gasteiger partial charge in [0.15, 0.2) is 0 Å². The molecule has 3 rings (SSSR count). The van der Waals surface area contributed by atoms with Gasteiger partial charge in [-0.15, -0.1) is 0 Å². The molecule has 0 spiro atoms. The van der Waals surface area contributed by atoms with E-state index in [1.807, 2.05) is 38.1 Å². The molecule has 1 N–H and O–H groups in total. The van der Waals surface area contributed by atoms with Crippen molar-refractivity contribution in [2.45, 2.75) is 26.3 Å². The molecule has 4 nitrogen and oxygen atoms in total. The number of halogens is 1. The predicted molar refractivity (Wildman–Crippen MR) is 97.3 cm³/mol. The van der Waals surface area contributed by atoms with Gasteiger partial charge in [-0.2, -0.15) is 0 Å². The number of carbonyl (C=O) groups excluding carboxylic acids is 1. The molecule has 1 amide bonds. The molecular weight excluding hydrogens is 319 g/mol. The van der Waals surface area contributed by atoms with Crippen LogP contribution in [0.2, 0.25) is 0 Å². The standard InChI is InChI=1S/C20H19FN2O2/c1-3-17(20(25)22-15-10-8-14(21)9-11-15)23-18-7-5-4-6-16(18)13(2)12-19(23)24/h4-12,17H,3H2,1-2H3,(H,22,25). The van der Waals surface area contributed by atoms with E-state index in [4.69, 9.17) is 0 Å². The van der Waals surface area contributed by atoms with E-state index < -0.39 is 6.04 Å². The quantitative estimate of drug-likeness (QED) is 0.780. The summed E-state index contributed by atoms with van der Waals surface area (Å²) in [5.41, 5.74) is 1.89. The van der Waals surface area contributed by atoms with Crippen LogP contribution in [0.1, 0.15) is 24.9 Å². The topological polar surface area (TPSA) is 51.1 Å². The fraction of sp³-hybridized carbons (Fsp3) is 0.200. The Balaban J connectivity index is 2.03. The average molecular weight is 338 g/mol. The Hall–Kier alpha value is -2.95. The number of amides is 1. The third-order valence-electron chi connectivity index (χ3n) is 4.28. The predicted octanol–water partition coefficient (Wildman–Crippen LogP) is 4.04. The fourth-order valence-corrected chi connectivity index (χ4v) is 3.03. The van der Waals surface area contributed by atoms with Gasteiger partial charge in [0, 0.05) is 17.1 Å². The molecule has 1 atom stereocenters. The number of anilines is 1. The van der Waals surface area contributed by atoms with E-state index in [1.165, 1.54) is 28.8 Å². The van der Waals surface area contributed by atoms with E-state index in [9.17, 15) is 14.0 Å². The molecule has 2 aromatic carbocycles. The third kappa shape index (κ3) is 3.31. The summed E-state index contributed by atoms with van der Waals surface area (Å²) in [6.07, 6.45) is 0.458. The molecule has 5 heteroatoms. The van der Waals surface area contributed by atoms with Gasteiger partial charge in [-0.05, 0) is 49.2 Å². The number of hydrogen-bond acceptors (Lipinski definition) is 2. The minimum Gasteiger partial charge on any atom is -0.324 e. The summed E-state index contributed by atoms with van der Waals surface area (Å²) >= 11 is 0. The van der Waals surface area contributed by atoms with E-state index in [1.54, 1.807) is 6.07 Å². The first kappa shape index (κ1) is 16.9. The average Bonchev–Trinajstić information content (AvgIpc) is 2.60. The lowest BCUT2D eigenvalue weighted by Gasteiger charge is -2.21. The number of nitrogens with zero attached hydrogens (tertiary/aromatic N) is 1. The van der Waals surface area contributed by atoms with Gasteiger partial charge in [0.25, 0.3) is 5.56 Å². The van der Waals surface area contributed by atoms with Crippen LogP contribution in [-0.4, -0.2) is 10.5 Å². The van der Waals surface area contributed by atoms with Crippen LogP contribution in [-0.2, 0) is 4.79 Å². The van der Waals surface area contributed by atoms with Crippen molar-refractivity contribution < 1.29 is 9.18 Å². The Morgan fingerprint density at radius 3 is 2.52 bits per heavy atom. The Labute approximate surface area is 144 Å². The molecule has 0 saturated carbocycles. The Morgan fingerprint density at radius 1 is 1.16 bits per heavy atom. The molecule has 3 aromatic rings. The number of hydrogen-bond donors (Lipinski definition) is 1. The van der Waals surface area contributed by atoms with Crippen molar-refractivity contribution in [3.05, 3.63) is 76.3 Å². The van der Waals surface area contributed by atoms with Crippen molar-refractivity contribution in [2.75, 3.05) is 5.32 Å². The molecular formula is C20H19FN2O2. The van der Waals surface area contributed by atoms with Crippen LogP contribution in [0.15, 0.2) is 59.4 Å². The molecule has 0 bridgehead atoms. The number of benzene rings is 2. The highest BCUT2D eigenvalue weighted by molar-refractivity contribution is 5.95. The van der Waals surface area contributed by atoms with Gasteiger partial charge >= 0.3 is 0 Å². The highest BCUT2D eigenvalue weighted by Gasteiger charge is 2.22. The molecule has 25 heavy (non-hydrogen) atoms. The normalized spacial score (nSPS) is 12.1. The zero-order valence-electron chi connectivity index (χ0n) is 14.1. The number of fused-ring (bicyclic) bond motifs is 1. The molecule has 0 aliphatic heterocycles. The van der Waals surface area contributed by atoms with Crippen molar-refractivity contribution in [3.8, 4) is 0 Å². The van der Waals surface area contributed by atoms with E-state index in [0.29, 0.717) is 12.1 Å². The van der Waals surface area contributed by atoms with Crippen molar-refractivity contribution in [1.29, 1.82) is 0 Å². The maximum absolute atomic E-state index is 13.0. The van der Waals surface area contributed by atoms with Gasteiger partial charge in [0.2, 0.25) is 5.91 Å². The number of carbonyl (C=O) groups is 1. The lowest BCUT2D eigenvalue weighted by atomic mass is 10.1. The molecule has 0 fully saturated rings. The van der Waals surface area contributed by atoms with Crippen LogP contribution < -0.4 is 10.9 Å². The second kappa shape index (κ2) is 6.89. The number of aromatic nitrogens is 1. The first-order chi connectivity index (χ1) is 12.0. The zero-order chi connectivity index (χ0) is 18.0. The molecule has 1 unspecified atom stereocenters. The van der Waals surface area contributed by atoms with Crippen LogP contribution in [0.3, 0.4) is 0 Å². The number of aryl methyl sites for hydroxylation is 1. The molecule has 0 radical (unpaired) electrons. The summed E-state index contributed by atoms with van der Waals surface area (Å²) in [6, 6.07) is 14.0. The summed E-state index contributed by atoms with van der Waals surface area (Å²) < 4.78 is 14.5. The monoisotopic (exact) mass is 338 g/mol. The lowest BCUT2D eigenvalue weighted by Crippen LogP contribution is -2.33. The highest BCUT2D eigenvalue weighted by Crippen LogP contribution is 2.22. The van der Waals surface area contributed by atoms with E-state index >= 15 is 0 Å². The van der Waals surface area contributed by atoms with Gasteiger partial charge in [0.1, 0.15) is 11.9 Å². The number of pyridine rings is 1. The summed E-state index contributed by atoms with van der Waals surface area (Å²) in [7, 11) is 0. The summed E-state index contributed by atoms with van der Waals surface area (Å²) in [4.78, 5) is 25.3. The van der Waals surface area contributed by atoms with Gasteiger partial charge in [-0.25, -0.2) is 4.39 Å². The van der Waals surface area contributed by atoms with E-state index in [-0.39, 0.29) is 17.3 Å². The van der Waals surface area contributed by atoms with Gasteiger partial charge < -0.3 is 5.32 Å². The summed E-state index contributed by atoms with van der Waals surface area (Å²) in [5, 5.41) is 3.70. The fourth-order valence-electron chi connectivity index (χ4n) is 3.03. The zero-order valence-corrected chi connectivity index (χ0v) is 14.1. The van der Waals surface area contributed by atoms with Crippen LogP contribution in [0.25, 0.3) is 10.9 Å². The highest BCUT2D eigenvalue weighted by atomic mass is 19.1. The minimum atomic E-state index is -0.650. The maximum atomic E-state index is 13.0. The van der Waals surface area contributed by atoms with Crippen LogP contribution in [0, 0.1) is 12.7 Å². The van der Waals surface area contributed by atoms with Crippen LogP contribution in [0.5, 0.6) is 0 Å². The molecule has 0 aliphatic rings. The largest absolute Gasteiger partial charge is 0.324 e. The SMILES string of the molecule is CCC(C(=O)Nc1ccc(F)cc1)n1c(=O)cc(C)c2ccccc21. The smallest absolute Gasteiger partial charge is 0.252 e. The molecule has 128 valence electrons. The van der Waals surface area contributed by atoms with Crippen molar-refractivity contribution in [1.82, 2.24) is 4.57 Å². The molecule has 1 heterocycles. The third-order valence-corrected chi connectivity index (χ3v) is 4.28. The second-order valence-electron chi connectivity index (χ2n) is 5.97. The Kier molecular flexibility index (Phi) is 4.65. The number of rotatable bonds is 4. The maximum Gasteiger partial charge on any atom is 0.252 e. The molecule has 1 aromatic heterocycles. The van der Waals surface area contributed by atoms with Gasteiger partial charge in [-0.3, -0.25) is 14.2 Å². The Bertz CT molecular complexity index is 977. The van der Waals surface area contributed by atoms with Crippen molar-refractivity contribution >= 4 is 22.5 Å². The number of nitrogens with one attached hydrogen (secondary N) is 1. The van der Waals surface area contributed by atoms with Crippen molar-refractivity contribution in [2.24, 2.45) is 0 Å². The van der Waals surface area contributed by atoms with E-state index in [0.717, 1.165) is 16.5 Å². The molecule has 0 saturated heterocycles. The first-order valence-corrected chi connectivity index (χ1v) is 8.18. The van der Waals surface area contributed by atoms with Crippen LogP contribution in [0.4, 0.5) is 10.1 Å². The second-order valence-corrected chi connectivity index (χ2v) is 5.97. The van der Waals surface area contributed by atoms with Crippen LogP contribution >= 0.6 is 0 Å². The summed E-state index contributed by atoms with van der Waals surface area (Å²) in [6.45, 7) is 3.74. The number of para-hydroxylation sites is 1. The lowest BCUT2D eigenvalue weighted by molar-refractivity contribution is -0.119. The first-order valence-electron chi connectivity index (χ1n) is 8.18. The van der Waals surface area contributed by atoms with Gasteiger partial charge in [-0.1, -0.05) is 25.1 Å². The molecule has 0 aliphatic carbocycles. The van der Waals surface area contributed by atoms with E-state index in [2.05, 4.69) is 5.32 Å². The van der Waals surface area contributed by atoms with Crippen molar-refractivity contribution in [3.63, 3.8) is 0 Å².